The molecular formula is C16H28N4O2. The summed E-state index contributed by atoms with van der Waals surface area (Å²) >= 11 is 0. The summed E-state index contributed by atoms with van der Waals surface area (Å²) in [5.74, 6) is 2.16. The lowest BCUT2D eigenvalue weighted by Crippen LogP contribution is -2.48. The van der Waals surface area contributed by atoms with Crippen LogP contribution in [0, 0.1) is 12.8 Å². The molecular weight excluding hydrogens is 280 g/mol. The molecule has 2 heterocycles. The Hall–Kier alpha value is -0.980. The number of aromatic nitrogens is 2. The lowest BCUT2D eigenvalue weighted by atomic mass is 10.00. The highest BCUT2D eigenvalue weighted by molar-refractivity contribution is 4.85. The Morgan fingerprint density at radius 3 is 2.50 bits per heavy atom. The van der Waals surface area contributed by atoms with Crippen LogP contribution in [-0.4, -0.2) is 63.9 Å². The first kappa shape index (κ1) is 15.9. The van der Waals surface area contributed by atoms with Crippen molar-refractivity contribution in [2.45, 2.75) is 51.7 Å². The smallest absolute Gasteiger partial charge is 0.240 e. The standard InChI is InChI=1S/C16H28N4O2/c1-13-17-16(22-18-13)12-20-8-6-19(7-9-20)11-15(21)10-14-4-2-3-5-14/h14-15,21H,2-12H2,1H3. The molecule has 0 bridgehead atoms. The molecule has 1 atom stereocenters. The molecule has 0 spiro atoms. The monoisotopic (exact) mass is 308 g/mol. The summed E-state index contributed by atoms with van der Waals surface area (Å²) in [5, 5.41) is 14.1. The van der Waals surface area contributed by atoms with Crippen molar-refractivity contribution in [3.05, 3.63) is 11.7 Å². The second kappa shape index (κ2) is 7.53. The average Bonchev–Trinajstić information content (AvgIpc) is 3.13. The van der Waals surface area contributed by atoms with E-state index in [1.54, 1.807) is 0 Å². The zero-order chi connectivity index (χ0) is 15.4. The van der Waals surface area contributed by atoms with Crippen molar-refractivity contribution in [1.29, 1.82) is 0 Å². The van der Waals surface area contributed by atoms with E-state index in [4.69, 9.17) is 4.52 Å². The number of aliphatic hydroxyl groups is 1. The maximum absolute atomic E-state index is 10.3. The number of nitrogens with zero attached hydrogens (tertiary/aromatic N) is 4. The summed E-state index contributed by atoms with van der Waals surface area (Å²) in [6.07, 6.45) is 6.16. The van der Waals surface area contributed by atoms with Gasteiger partial charge in [0, 0.05) is 32.7 Å². The summed E-state index contributed by atoms with van der Waals surface area (Å²) in [7, 11) is 0. The molecule has 1 saturated carbocycles. The van der Waals surface area contributed by atoms with Gasteiger partial charge in [-0.05, 0) is 19.3 Å². The Bertz CT molecular complexity index is 451. The molecule has 6 heteroatoms. The highest BCUT2D eigenvalue weighted by Gasteiger charge is 2.23. The van der Waals surface area contributed by atoms with Gasteiger partial charge in [0.25, 0.3) is 0 Å². The lowest BCUT2D eigenvalue weighted by molar-refractivity contribution is 0.0556. The first-order chi connectivity index (χ1) is 10.7. The fraction of sp³-hybridized carbons (Fsp3) is 0.875. The van der Waals surface area contributed by atoms with Crippen molar-refractivity contribution in [3.8, 4) is 0 Å². The number of aliphatic hydroxyl groups excluding tert-OH is 1. The minimum atomic E-state index is -0.159. The Balaban J connectivity index is 1.36. The summed E-state index contributed by atoms with van der Waals surface area (Å²) in [4.78, 5) is 8.98. The van der Waals surface area contributed by atoms with E-state index in [0.29, 0.717) is 11.7 Å². The number of piperazine rings is 1. The highest BCUT2D eigenvalue weighted by atomic mass is 16.5. The van der Waals surface area contributed by atoms with Gasteiger partial charge in [-0.2, -0.15) is 4.98 Å². The quantitative estimate of drug-likeness (QED) is 0.858. The summed E-state index contributed by atoms with van der Waals surface area (Å²) in [6.45, 7) is 7.42. The maximum atomic E-state index is 10.3. The minimum Gasteiger partial charge on any atom is -0.392 e. The molecule has 1 unspecified atom stereocenters. The van der Waals surface area contributed by atoms with E-state index >= 15 is 0 Å². The van der Waals surface area contributed by atoms with Gasteiger partial charge in [0.05, 0.1) is 12.6 Å². The molecule has 3 rings (SSSR count). The third-order valence-electron chi connectivity index (χ3n) is 4.94. The van der Waals surface area contributed by atoms with Crippen molar-refractivity contribution >= 4 is 0 Å². The van der Waals surface area contributed by atoms with Gasteiger partial charge < -0.3 is 9.63 Å². The predicted octanol–water partition coefficient (Wildman–Crippen LogP) is 1.44. The van der Waals surface area contributed by atoms with Crippen LogP contribution < -0.4 is 0 Å². The van der Waals surface area contributed by atoms with Gasteiger partial charge in [0.2, 0.25) is 5.89 Å². The van der Waals surface area contributed by atoms with Crippen LogP contribution in [0.4, 0.5) is 0 Å². The van der Waals surface area contributed by atoms with Crippen LogP contribution in [0.3, 0.4) is 0 Å². The average molecular weight is 308 g/mol. The third-order valence-corrected chi connectivity index (χ3v) is 4.94. The third kappa shape index (κ3) is 4.51. The Morgan fingerprint density at radius 2 is 1.86 bits per heavy atom. The maximum Gasteiger partial charge on any atom is 0.240 e. The van der Waals surface area contributed by atoms with Crippen molar-refractivity contribution in [2.75, 3.05) is 32.7 Å². The zero-order valence-corrected chi connectivity index (χ0v) is 13.6. The number of hydrogen-bond acceptors (Lipinski definition) is 6. The van der Waals surface area contributed by atoms with Crippen LogP contribution in [0.1, 0.15) is 43.8 Å². The summed E-state index contributed by atoms with van der Waals surface area (Å²) in [6, 6.07) is 0. The van der Waals surface area contributed by atoms with Crippen LogP contribution in [0.2, 0.25) is 0 Å². The Labute approximate surface area is 132 Å². The molecule has 1 N–H and O–H groups in total. The van der Waals surface area contributed by atoms with E-state index in [9.17, 15) is 5.11 Å². The van der Waals surface area contributed by atoms with Gasteiger partial charge in [-0.25, -0.2) is 0 Å². The fourth-order valence-electron chi connectivity index (χ4n) is 3.73. The van der Waals surface area contributed by atoms with Crippen molar-refractivity contribution in [2.24, 2.45) is 5.92 Å². The van der Waals surface area contributed by atoms with E-state index in [-0.39, 0.29) is 6.10 Å². The predicted molar refractivity (Wildman–Crippen MR) is 83.3 cm³/mol. The van der Waals surface area contributed by atoms with Crippen LogP contribution in [0.25, 0.3) is 0 Å². The van der Waals surface area contributed by atoms with Crippen LogP contribution in [-0.2, 0) is 6.54 Å². The molecule has 124 valence electrons. The number of aryl methyl sites for hydroxylation is 1. The van der Waals surface area contributed by atoms with Crippen LogP contribution in [0.5, 0.6) is 0 Å². The van der Waals surface area contributed by atoms with Crippen LogP contribution in [0.15, 0.2) is 4.52 Å². The zero-order valence-electron chi connectivity index (χ0n) is 13.6. The molecule has 2 fully saturated rings. The van der Waals surface area contributed by atoms with Crippen molar-refractivity contribution in [3.63, 3.8) is 0 Å². The molecule has 22 heavy (non-hydrogen) atoms. The van der Waals surface area contributed by atoms with Gasteiger partial charge in [-0.3, -0.25) is 9.80 Å². The van der Waals surface area contributed by atoms with E-state index < -0.39 is 0 Å². The van der Waals surface area contributed by atoms with Gasteiger partial charge in [0.1, 0.15) is 0 Å². The molecule has 1 aromatic heterocycles. The number of rotatable bonds is 6. The number of hydrogen-bond donors (Lipinski definition) is 1. The van der Waals surface area contributed by atoms with Gasteiger partial charge in [0.15, 0.2) is 5.82 Å². The van der Waals surface area contributed by atoms with E-state index in [0.717, 1.165) is 51.6 Å². The van der Waals surface area contributed by atoms with Gasteiger partial charge >= 0.3 is 0 Å². The Morgan fingerprint density at radius 1 is 1.18 bits per heavy atom. The second-order valence-electron chi connectivity index (χ2n) is 6.85. The molecule has 1 aromatic rings. The second-order valence-corrected chi connectivity index (χ2v) is 6.85. The molecule has 0 aromatic carbocycles. The topological polar surface area (TPSA) is 65.6 Å². The SMILES string of the molecule is Cc1noc(CN2CCN(CC(O)CC3CCCC3)CC2)n1. The van der Waals surface area contributed by atoms with Crippen molar-refractivity contribution in [1.82, 2.24) is 19.9 Å². The minimum absolute atomic E-state index is 0.159. The molecule has 1 aliphatic heterocycles. The van der Waals surface area contributed by atoms with Gasteiger partial charge in [-0.1, -0.05) is 30.8 Å². The first-order valence-electron chi connectivity index (χ1n) is 8.61. The molecule has 0 amide bonds. The fourth-order valence-corrected chi connectivity index (χ4v) is 3.73. The number of β-amino-alcohol motifs (C(OH)–C–C–N with tert-alkyl or cyclic N) is 1. The molecule has 0 radical (unpaired) electrons. The van der Waals surface area contributed by atoms with E-state index in [2.05, 4.69) is 19.9 Å². The molecule has 1 aliphatic carbocycles. The molecule has 2 aliphatic rings. The van der Waals surface area contributed by atoms with Crippen LogP contribution >= 0.6 is 0 Å². The first-order valence-corrected chi connectivity index (χ1v) is 8.61. The highest BCUT2D eigenvalue weighted by Crippen LogP contribution is 2.28. The van der Waals surface area contributed by atoms with Gasteiger partial charge in [-0.15, -0.1) is 0 Å². The lowest BCUT2D eigenvalue weighted by Gasteiger charge is -2.35. The van der Waals surface area contributed by atoms with Crippen molar-refractivity contribution < 1.29 is 9.63 Å². The normalized spacial score (nSPS) is 23.2. The summed E-state index contributed by atoms with van der Waals surface area (Å²) < 4.78 is 5.18. The molecule has 1 saturated heterocycles. The summed E-state index contributed by atoms with van der Waals surface area (Å²) in [5.41, 5.74) is 0. The van der Waals surface area contributed by atoms with E-state index in [1.165, 1.54) is 25.7 Å². The van der Waals surface area contributed by atoms with E-state index in [1.807, 2.05) is 6.92 Å². The Kier molecular flexibility index (Phi) is 5.44. The molecule has 6 nitrogen and oxygen atoms in total. The largest absolute Gasteiger partial charge is 0.392 e.